The normalized spacial score (nSPS) is 16.4. The number of fused-ring (bicyclic) bond motifs is 1. The molecule has 0 aliphatic carbocycles. The Morgan fingerprint density at radius 1 is 0.468 bits per heavy atom. The van der Waals surface area contributed by atoms with E-state index in [1.165, 1.54) is 6.92 Å². The van der Waals surface area contributed by atoms with Crippen molar-refractivity contribution >= 4 is 87.7 Å². The number of nitrogens with one attached hydrogen (secondary N) is 14. The number of nitrogens with two attached hydrogens (primary N) is 4. The predicted molar refractivity (Wildman–Crippen MR) is 412 cm³/mol. The first-order chi connectivity index (χ1) is 51.8. The van der Waals surface area contributed by atoms with Crippen molar-refractivity contribution in [2.24, 2.45) is 46.6 Å². The third-order valence-electron chi connectivity index (χ3n) is 18.9. The maximum atomic E-state index is 14.8. The second-order valence-electron chi connectivity index (χ2n) is 29.7. The molecule has 14 atom stereocenters. The molecule has 33 nitrogen and oxygen atoms in total. The number of aliphatic hydroxyl groups excluding tert-OH is 2. The molecule has 2 heterocycles. The van der Waals surface area contributed by atoms with E-state index in [-0.39, 0.29) is 94.5 Å². The van der Waals surface area contributed by atoms with Crippen LogP contribution in [0.25, 0.3) is 10.9 Å². The number of H-pyrrole nitrogens is 1. The van der Waals surface area contributed by atoms with Crippen LogP contribution in [0.2, 0.25) is 0 Å². The first-order valence-electron chi connectivity index (χ1n) is 38.5. The van der Waals surface area contributed by atoms with Gasteiger partial charge in [-0.1, -0.05) is 110 Å². The molecule has 0 radical (unpaired) electrons. The van der Waals surface area contributed by atoms with Gasteiger partial charge in [0, 0.05) is 29.9 Å². The van der Waals surface area contributed by atoms with E-state index in [1.54, 1.807) is 70.3 Å². The number of hydrogen-bond donors (Lipinski definition) is 20. The lowest BCUT2D eigenvalue weighted by Crippen LogP contribution is -2.62. The van der Waals surface area contributed by atoms with Crippen molar-refractivity contribution in [1.82, 2.24) is 74.1 Å². The van der Waals surface area contributed by atoms with Gasteiger partial charge in [0.05, 0.1) is 25.3 Å². The molecule has 1 aromatic heterocycles. The van der Waals surface area contributed by atoms with Crippen molar-refractivity contribution in [1.29, 1.82) is 0 Å². The number of aliphatic hydroxyl groups is 2. The number of amides is 13. The van der Waals surface area contributed by atoms with Gasteiger partial charge in [0.2, 0.25) is 76.8 Å². The summed E-state index contributed by atoms with van der Waals surface area (Å²) < 4.78 is 0. The number of carbonyl (C=O) groups excluding carboxylic acids is 13. The molecule has 608 valence electrons. The standard InChI is InChI=1S/C76H124N18O15/c1-10-46(8)63(75(108)83-41-62(80)97)93-73(106)60(39-49-40-82-51-26-15-14-25-50(49)51)90-67(100)54(28-17-20-32-78)86-74(107)61(42-95)92-71(104)58(37-45(6)7)89-72(105)59(38-48-23-12-11-13-24-48)91-76(109)64(47(9)96)94-68(101)55(29-18-21-33-79)85-69(102)56(35-43(2)3)88-70(103)57(36-44(4)5)87-66(99)53(27-16-19-31-77)84-65(98)52-30-22-34-81-52/h11-15,23-26,40,43-47,52-61,63-64,81-82,95-96H,10,16-22,27-39,41-42,77-79H2,1-9H3,(H2,80,97)(H,83,108)(H,84,98)(H,85,102)(H,86,107)(H,87,99)(H,88,103)(H,89,105)(H,90,100)(H,91,109)(H,92,104)(H,93,106)(H,94,101)/t46-,47+,52-,53-,54-,55-,56-,57-,58-,59-,60-,61-,63-,64-/m0/s1. The summed E-state index contributed by atoms with van der Waals surface area (Å²) in [5, 5.41) is 58.1. The number of aromatic nitrogens is 1. The fourth-order valence-electron chi connectivity index (χ4n) is 12.6. The van der Waals surface area contributed by atoms with Gasteiger partial charge in [0.1, 0.15) is 66.5 Å². The van der Waals surface area contributed by atoms with Gasteiger partial charge >= 0.3 is 0 Å². The second-order valence-corrected chi connectivity index (χ2v) is 29.7. The average Bonchev–Trinajstić information content (AvgIpc) is 1.73. The second kappa shape index (κ2) is 48.4. The number of carbonyl (C=O) groups is 13. The number of benzene rings is 2. The van der Waals surface area contributed by atoms with Crippen LogP contribution in [-0.2, 0) is 75.2 Å². The Morgan fingerprint density at radius 3 is 1.33 bits per heavy atom. The molecular weight excluding hydrogens is 1400 g/mol. The van der Waals surface area contributed by atoms with Crippen LogP contribution in [0, 0.1) is 23.7 Å². The predicted octanol–water partition coefficient (Wildman–Crippen LogP) is -1.42. The summed E-state index contributed by atoms with van der Waals surface area (Å²) in [4.78, 5) is 186. The topological polar surface area (TPSA) is 539 Å². The Hall–Kier alpha value is -9.15. The fraction of sp³-hybridized carbons (Fsp3) is 0.645. The first-order valence-corrected chi connectivity index (χ1v) is 38.5. The van der Waals surface area contributed by atoms with Gasteiger partial charge in [0.15, 0.2) is 0 Å². The van der Waals surface area contributed by atoms with Gasteiger partial charge in [-0.15, -0.1) is 0 Å². The molecule has 1 aliphatic heterocycles. The molecule has 1 fully saturated rings. The Bertz CT molecular complexity index is 3420. The van der Waals surface area contributed by atoms with Crippen LogP contribution in [-0.4, -0.2) is 210 Å². The van der Waals surface area contributed by atoms with E-state index in [0.29, 0.717) is 69.2 Å². The molecule has 2 aromatic carbocycles. The summed E-state index contributed by atoms with van der Waals surface area (Å²) in [7, 11) is 0. The Balaban J connectivity index is 1.59. The molecule has 0 spiro atoms. The molecule has 1 aliphatic rings. The van der Waals surface area contributed by atoms with Crippen molar-refractivity contribution in [2.45, 2.75) is 250 Å². The maximum absolute atomic E-state index is 14.8. The minimum absolute atomic E-state index is 0.0217. The van der Waals surface area contributed by atoms with Gasteiger partial charge in [-0.05, 0) is 164 Å². The number of hydrogen-bond acceptors (Lipinski definition) is 19. The largest absolute Gasteiger partial charge is 0.394 e. The number of aromatic amines is 1. The van der Waals surface area contributed by atoms with Crippen LogP contribution in [0.3, 0.4) is 0 Å². The fourth-order valence-corrected chi connectivity index (χ4v) is 12.6. The SMILES string of the molecule is CC[C@H](C)[C@H](NC(=O)[C@H](Cc1c[nH]c2ccccc12)NC(=O)[C@H](CCCCN)NC(=O)[C@H](CO)NC(=O)[C@H](CC(C)C)NC(=O)[C@H](Cc1ccccc1)NC(=O)[C@@H](NC(=O)[C@H](CCCCN)NC(=O)[C@H](CC(C)C)NC(=O)[C@H](CC(C)C)NC(=O)[C@H](CCCCN)NC(=O)[C@@H]1CCCN1)[C@@H](C)O)C(=O)NCC(N)=O. The van der Waals surface area contributed by atoms with E-state index in [9.17, 15) is 72.5 Å². The summed E-state index contributed by atoms with van der Waals surface area (Å²) in [5.74, 6) is -11.5. The quantitative estimate of drug-likeness (QED) is 0.0289. The number of rotatable bonds is 51. The lowest BCUT2D eigenvalue weighted by atomic mass is 9.97. The molecule has 24 N–H and O–H groups in total. The smallest absolute Gasteiger partial charge is 0.245 e. The number of primary amides is 1. The summed E-state index contributed by atoms with van der Waals surface area (Å²) in [6, 6.07) is -0.0353. The van der Waals surface area contributed by atoms with E-state index >= 15 is 0 Å². The average molecular weight is 1530 g/mol. The number of unbranched alkanes of at least 4 members (excludes halogenated alkanes) is 3. The molecule has 3 aromatic rings. The first kappa shape index (κ1) is 92.2. The summed E-state index contributed by atoms with van der Waals surface area (Å²) >= 11 is 0. The highest BCUT2D eigenvalue weighted by Gasteiger charge is 2.39. The molecule has 1 saturated heterocycles. The summed E-state index contributed by atoms with van der Waals surface area (Å²) in [5.41, 5.74) is 24.7. The molecule has 13 amide bonds. The van der Waals surface area contributed by atoms with Crippen molar-refractivity contribution < 1.29 is 72.5 Å². The molecule has 0 unspecified atom stereocenters. The van der Waals surface area contributed by atoms with Crippen LogP contribution in [0.5, 0.6) is 0 Å². The van der Waals surface area contributed by atoms with Crippen LogP contribution in [0.15, 0.2) is 60.8 Å². The monoisotopic (exact) mass is 1530 g/mol. The van der Waals surface area contributed by atoms with E-state index in [1.807, 2.05) is 45.9 Å². The van der Waals surface area contributed by atoms with E-state index < -0.39 is 169 Å². The van der Waals surface area contributed by atoms with Crippen molar-refractivity contribution in [3.63, 3.8) is 0 Å². The van der Waals surface area contributed by atoms with Crippen LogP contribution in [0.1, 0.15) is 170 Å². The molecule has 109 heavy (non-hydrogen) atoms. The van der Waals surface area contributed by atoms with E-state index in [2.05, 4.69) is 74.1 Å². The maximum Gasteiger partial charge on any atom is 0.245 e. The molecule has 4 rings (SSSR count). The minimum atomic E-state index is -1.78. The molecule has 0 bridgehead atoms. The summed E-state index contributed by atoms with van der Waals surface area (Å²) in [6.07, 6.45) is 4.42. The van der Waals surface area contributed by atoms with Crippen molar-refractivity contribution in [3.05, 3.63) is 71.9 Å². The van der Waals surface area contributed by atoms with Crippen LogP contribution in [0.4, 0.5) is 0 Å². The van der Waals surface area contributed by atoms with E-state index in [0.717, 1.165) is 17.3 Å². The zero-order valence-electron chi connectivity index (χ0n) is 64.9. The van der Waals surface area contributed by atoms with Gasteiger partial charge < -0.3 is 107 Å². The Kier molecular flexibility index (Phi) is 40.9. The highest BCUT2D eigenvalue weighted by Crippen LogP contribution is 2.21. The highest BCUT2D eigenvalue weighted by molar-refractivity contribution is 6.00. The van der Waals surface area contributed by atoms with E-state index in [4.69, 9.17) is 22.9 Å². The van der Waals surface area contributed by atoms with Crippen molar-refractivity contribution in [3.8, 4) is 0 Å². The molecular formula is C76H124N18O15. The van der Waals surface area contributed by atoms with Gasteiger partial charge in [0.25, 0.3) is 0 Å². The third-order valence-corrected chi connectivity index (χ3v) is 18.9. The van der Waals surface area contributed by atoms with Gasteiger partial charge in [-0.25, -0.2) is 0 Å². The van der Waals surface area contributed by atoms with Crippen molar-refractivity contribution in [2.75, 3.05) is 39.3 Å². The number of para-hydroxylation sites is 1. The Morgan fingerprint density at radius 2 is 0.872 bits per heavy atom. The third kappa shape index (κ3) is 32.1. The lowest BCUT2D eigenvalue weighted by molar-refractivity contribution is -0.137. The van der Waals surface area contributed by atoms with Gasteiger partial charge in [-0.3, -0.25) is 62.3 Å². The molecule has 33 heteroatoms. The minimum Gasteiger partial charge on any atom is -0.394 e. The van der Waals surface area contributed by atoms with Crippen LogP contribution < -0.4 is 92.1 Å². The lowest BCUT2D eigenvalue weighted by Gasteiger charge is -2.30. The van der Waals surface area contributed by atoms with Gasteiger partial charge in [-0.2, -0.15) is 0 Å². The highest BCUT2D eigenvalue weighted by atomic mass is 16.3. The van der Waals surface area contributed by atoms with Crippen LogP contribution >= 0.6 is 0 Å². The Labute approximate surface area is 639 Å². The zero-order valence-corrected chi connectivity index (χ0v) is 64.9. The zero-order chi connectivity index (χ0) is 80.9. The molecule has 0 saturated carbocycles. The summed E-state index contributed by atoms with van der Waals surface area (Å²) in [6.45, 7) is 15.5.